The van der Waals surface area contributed by atoms with Crippen molar-refractivity contribution in [1.29, 1.82) is 0 Å². The molecule has 25 heavy (non-hydrogen) atoms. The standard InChI is InChI=1S/C20H17NO4/c22-19(21-15-10-11-15)18(13-6-2-1-3-7-13)25-20(23)17-12-14-8-4-5-9-16(14)24-17/h1-9,12,15,18H,10-11H2,(H,21,22)/t18-/m0/s1. The quantitative estimate of drug-likeness (QED) is 0.723. The molecule has 0 aliphatic heterocycles. The van der Waals surface area contributed by atoms with Crippen LogP contribution in [0.5, 0.6) is 0 Å². The molecule has 1 aliphatic rings. The van der Waals surface area contributed by atoms with Crippen molar-refractivity contribution in [1.82, 2.24) is 5.32 Å². The van der Waals surface area contributed by atoms with E-state index < -0.39 is 12.1 Å². The number of carbonyl (C=O) groups excluding carboxylic acids is 2. The van der Waals surface area contributed by atoms with Gasteiger partial charge in [0.2, 0.25) is 11.9 Å². The minimum absolute atomic E-state index is 0.0846. The first-order valence-electron chi connectivity index (χ1n) is 8.25. The summed E-state index contributed by atoms with van der Waals surface area (Å²) in [7, 11) is 0. The summed E-state index contributed by atoms with van der Waals surface area (Å²) in [6, 6.07) is 18.1. The van der Waals surface area contributed by atoms with Crippen LogP contribution in [0.1, 0.15) is 35.1 Å². The number of fused-ring (bicyclic) bond motifs is 1. The van der Waals surface area contributed by atoms with Crippen molar-refractivity contribution in [3.8, 4) is 0 Å². The molecule has 2 aromatic carbocycles. The largest absolute Gasteiger partial charge is 0.449 e. The number of ether oxygens (including phenoxy) is 1. The summed E-state index contributed by atoms with van der Waals surface area (Å²) in [5.41, 5.74) is 1.23. The number of benzene rings is 2. The molecule has 1 N–H and O–H groups in total. The average Bonchev–Trinajstić information content (AvgIpc) is 3.34. The summed E-state index contributed by atoms with van der Waals surface area (Å²) in [6.07, 6.45) is 0.928. The second-order valence-corrected chi connectivity index (χ2v) is 6.13. The molecule has 5 nitrogen and oxygen atoms in total. The Bertz CT molecular complexity index is 879. The molecule has 0 bridgehead atoms. The molecule has 1 amide bonds. The normalized spacial score (nSPS) is 14.9. The third kappa shape index (κ3) is 3.40. The zero-order chi connectivity index (χ0) is 17.2. The van der Waals surface area contributed by atoms with Gasteiger partial charge in [0.25, 0.3) is 5.91 Å². The van der Waals surface area contributed by atoms with Gasteiger partial charge in [-0.15, -0.1) is 0 Å². The van der Waals surface area contributed by atoms with Crippen LogP contribution in [-0.4, -0.2) is 17.9 Å². The molecule has 4 rings (SSSR count). The third-order valence-electron chi connectivity index (χ3n) is 4.12. The Hall–Kier alpha value is -3.08. The predicted molar refractivity (Wildman–Crippen MR) is 92.0 cm³/mol. The summed E-state index contributed by atoms with van der Waals surface area (Å²) in [6.45, 7) is 0. The Labute approximate surface area is 144 Å². The monoisotopic (exact) mass is 335 g/mol. The van der Waals surface area contributed by atoms with Gasteiger partial charge in [-0.2, -0.15) is 0 Å². The van der Waals surface area contributed by atoms with E-state index in [9.17, 15) is 9.59 Å². The van der Waals surface area contributed by atoms with Crippen LogP contribution in [-0.2, 0) is 9.53 Å². The number of amides is 1. The number of furan rings is 1. The summed E-state index contributed by atoms with van der Waals surface area (Å²) in [5.74, 6) is -0.879. The fourth-order valence-corrected chi connectivity index (χ4v) is 2.65. The van der Waals surface area contributed by atoms with Gasteiger partial charge in [0.15, 0.2) is 0 Å². The van der Waals surface area contributed by atoms with E-state index in [4.69, 9.17) is 9.15 Å². The number of hydrogen-bond donors (Lipinski definition) is 1. The highest BCUT2D eigenvalue weighted by Gasteiger charge is 2.31. The minimum atomic E-state index is -0.998. The van der Waals surface area contributed by atoms with Gasteiger partial charge in [0.05, 0.1) is 0 Å². The number of hydrogen-bond acceptors (Lipinski definition) is 4. The molecule has 0 radical (unpaired) electrons. The molecule has 1 aromatic heterocycles. The van der Waals surface area contributed by atoms with Gasteiger partial charge >= 0.3 is 5.97 Å². The van der Waals surface area contributed by atoms with Crippen LogP contribution >= 0.6 is 0 Å². The molecule has 1 heterocycles. The van der Waals surface area contributed by atoms with Crippen molar-refractivity contribution < 1.29 is 18.7 Å². The van der Waals surface area contributed by atoms with E-state index in [1.54, 1.807) is 24.3 Å². The average molecular weight is 335 g/mol. The molecule has 0 unspecified atom stereocenters. The lowest BCUT2D eigenvalue weighted by molar-refractivity contribution is -0.130. The molecule has 0 spiro atoms. The maximum Gasteiger partial charge on any atom is 0.375 e. The maximum absolute atomic E-state index is 12.5. The lowest BCUT2D eigenvalue weighted by atomic mass is 10.1. The fourth-order valence-electron chi connectivity index (χ4n) is 2.65. The molecule has 0 saturated heterocycles. The highest BCUT2D eigenvalue weighted by Crippen LogP contribution is 2.25. The molecular formula is C20H17NO4. The number of rotatable bonds is 5. The number of carbonyl (C=O) groups is 2. The van der Waals surface area contributed by atoms with Crippen molar-refractivity contribution >= 4 is 22.8 Å². The molecule has 1 atom stereocenters. The van der Waals surface area contributed by atoms with Crippen LogP contribution < -0.4 is 5.32 Å². The Morgan fingerprint density at radius 3 is 2.48 bits per heavy atom. The van der Waals surface area contributed by atoms with Crippen LogP contribution in [0.25, 0.3) is 11.0 Å². The van der Waals surface area contributed by atoms with Gasteiger partial charge in [-0.05, 0) is 25.0 Å². The van der Waals surface area contributed by atoms with E-state index in [0.29, 0.717) is 11.1 Å². The van der Waals surface area contributed by atoms with Crippen LogP contribution in [0, 0.1) is 0 Å². The van der Waals surface area contributed by atoms with E-state index in [2.05, 4.69) is 5.32 Å². The summed E-state index contributed by atoms with van der Waals surface area (Å²) < 4.78 is 11.0. The summed E-state index contributed by atoms with van der Waals surface area (Å²) >= 11 is 0. The smallest absolute Gasteiger partial charge is 0.375 e. The van der Waals surface area contributed by atoms with Crippen LogP contribution in [0.15, 0.2) is 65.1 Å². The minimum Gasteiger partial charge on any atom is -0.449 e. The van der Waals surface area contributed by atoms with E-state index in [0.717, 1.165) is 18.2 Å². The second kappa shape index (κ2) is 6.43. The zero-order valence-corrected chi connectivity index (χ0v) is 13.5. The lowest BCUT2D eigenvalue weighted by Crippen LogP contribution is -2.33. The molecule has 1 aliphatic carbocycles. The van der Waals surface area contributed by atoms with Gasteiger partial charge in [0, 0.05) is 17.0 Å². The van der Waals surface area contributed by atoms with Gasteiger partial charge in [0.1, 0.15) is 5.58 Å². The van der Waals surface area contributed by atoms with Crippen molar-refractivity contribution in [3.63, 3.8) is 0 Å². The van der Waals surface area contributed by atoms with Crippen molar-refractivity contribution in [2.45, 2.75) is 25.0 Å². The van der Waals surface area contributed by atoms with Gasteiger partial charge in [-0.25, -0.2) is 4.79 Å². The first-order chi connectivity index (χ1) is 12.2. The van der Waals surface area contributed by atoms with E-state index >= 15 is 0 Å². The van der Waals surface area contributed by atoms with Gasteiger partial charge in [-0.1, -0.05) is 48.5 Å². The molecule has 5 heteroatoms. The Kier molecular flexibility index (Phi) is 3.98. The summed E-state index contributed by atoms with van der Waals surface area (Å²) in [4.78, 5) is 25.0. The van der Waals surface area contributed by atoms with E-state index in [1.807, 2.05) is 36.4 Å². The van der Waals surface area contributed by atoms with Crippen LogP contribution in [0.4, 0.5) is 0 Å². The van der Waals surface area contributed by atoms with E-state index in [-0.39, 0.29) is 17.7 Å². The SMILES string of the molecule is O=C(O[C@H](C(=O)NC1CC1)c1ccccc1)c1cc2ccccc2o1. The second-order valence-electron chi connectivity index (χ2n) is 6.13. The fraction of sp³-hybridized carbons (Fsp3) is 0.200. The number of nitrogens with one attached hydrogen (secondary N) is 1. The van der Waals surface area contributed by atoms with Gasteiger partial charge in [-0.3, -0.25) is 4.79 Å². The topological polar surface area (TPSA) is 68.5 Å². The Morgan fingerprint density at radius 1 is 1.04 bits per heavy atom. The zero-order valence-electron chi connectivity index (χ0n) is 13.5. The Morgan fingerprint density at radius 2 is 1.76 bits per heavy atom. The molecule has 126 valence electrons. The van der Waals surface area contributed by atoms with Crippen molar-refractivity contribution in [2.75, 3.05) is 0 Å². The first-order valence-corrected chi connectivity index (χ1v) is 8.25. The number of esters is 1. The lowest BCUT2D eigenvalue weighted by Gasteiger charge is -2.17. The van der Waals surface area contributed by atoms with Crippen molar-refractivity contribution in [3.05, 3.63) is 72.0 Å². The molecule has 3 aromatic rings. The molecule has 1 saturated carbocycles. The van der Waals surface area contributed by atoms with E-state index in [1.165, 1.54) is 0 Å². The molecule has 1 fully saturated rings. The van der Waals surface area contributed by atoms with Gasteiger partial charge < -0.3 is 14.5 Å². The maximum atomic E-state index is 12.5. The third-order valence-corrected chi connectivity index (χ3v) is 4.12. The highest BCUT2D eigenvalue weighted by molar-refractivity contribution is 5.94. The predicted octanol–water partition coefficient (Wildman–Crippen LogP) is 3.61. The van der Waals surface area contributed by atoms with Crippen molar-refractivity contribution in [2.24, 2.45) is 0 Å². The highest BCUT2D eigenvalue weighted by atomic mass is 16.6. The molecular weight excluding hydrogens is 318 g/mol. The number of para-hydroxylation sites is 1. The first kappa shape index (κ1) is 15.4. The van der Waals surface area contributed by atoms with Crippen LogP contribution in [0.3, 0.4) is 0 Å². The summed E-state index contributed by atoms with van der Waals surface area (Å²) in [5, 5.41) is 3.70. The van der Waals surface area contributed by atoms with Crippen LogP contribution in [0.2, 0.25) is 0 Å². The Balaban J connectivity index is 1.58.